The Labute approximate surface area is 224 Å². The standard InChI is InChI=1S/C23H27ClN8O5S/c1-6-17-16(13(2)37-30-17)12-32-22(18-8-7-9-19(27-18)35-4)28-29-23(32)31-38(33,34)14(3)20(36-5)21-25-10-15(24)11-26-21/h7-11,14,20H,6,12H2,1-5H3,(H,29,31). The molecule has 38 heavy (non-hydrogen) atoms. The van der Waals surface area contributed by atoms with Crippen LogP contribution in [0, 0.1) is 6.92 Å². The molecule has 0 bridgehead atoms. The number of anilines is 1. The number of ether oxygens (including phenoxy) is 2. The maximum Gasteiger partial charge on any atom is 0.240 e. The Kier molecular flexibility index (Phi) is 8.23. The van der Waals surface area contributed by atoms with Gasteiger partial charge in [-0.2, -0.15) is 0 Å². The normalized spacial score (nSPS) is 13.3. The van der Waals surface area contributed by atoms with Gasteiger partial charge in [0.15, 0.2) is 11.6 Å². The summed E-state index contributed by atoms with van der Waals surface area (Å²) in [6, 6.07) is 5.17. The van der Waals surface area contributed by atoms with Gasteiger partial charge in [-0.3, -0.25) is 9.29 Å². The molecule has 4 rings (SSSR count). The summed E-state index contributed by atoms with van der Waals surface area (Å²) < 4.78 is 47.3. The molecule has 4 aromatic rings. The third-order valence-electron chi connectivity index (χ3n) is 5.93. The van der Waals surface area contributed by atoms with Crippen molar-refractivity contribution in [1.29, 1.82) is 0 Å². The maximum absolute atomic E-state index is 13.5. The van der Waals surface area contributed by atoms with Crippen LogP contribution >= 0.6 is 11.6 Å². The fourth-order valence-corrected chi connectivity index (χ4v) is 5.05. The summed E-state index contributed by atoms with van der Waals surface area (Å²) in [5, 5.41) is 11.7. The average molecular weight is 563 g/mol. The largest absolute Gasteiger partial charge is 0.481 e. The smallest absolute Gasteiger partial charge is 0.240 e. The third kappa shape index (κ3) is 5.61. The van der Waals surface area contributed by atoms with Crippen molar-refractivity contribution < 1.29 is 22.4 Å². The number of aryl methyl sites for hydroxylation is 2. The van der Waals surface area contributed by atoms with Gasteiger partial charge >= 0.3 is 0 Å². The van der Waals surface area contributed by atoms with Crippen molar-refractivity contribution in [3.63, 3.8) is 0 Å². The van der Waals surface area contributed by atoms with Gasteiger partial charge in [0, 0.05) is 31.1 Å². The highest BCUT2D eigenvalue weighted by Gasteiger charge is 2.34. The Hall–Kier alpha value is -3.62. The van der Waals surface area contributed by atoms with Crippen LogP contribution in [0.5, 0.6) is 5.88 Å². The Bertz CT molecular complexity index is 1510. The lowest BCUT2D eigenvalue weighted by Crippen LogP contribution is -2.33. The summed E-state index contributed by atoms with van der Waals surface area (Å²) >= 11 is 5.88. The minimum Gasteiger partial charge on any atom is -0.481 e. The predicted octanol–water partition coefficient (Wildman–Crippen LogP) is 3.22. The van der Waals surface area contributed by atoms with Gasteiger partial charge in [-0.15, -0.1) is 10.2 Å². The number of methoxy groups -OCH3 is 2. The number of hydrogen-bond donors (Lipinski definition) is 1. The van der Waals surface area contributed by atoms with Crippen molar-refractivity contribution >= 4 is 27.6 Å². The van der Waals surface area contributed by atoms with Crippen molar-refractivity contribution in [2.75, 3.05) is 18.9 Å². The Balaban J connectivity index is 1.74. The van der Waals surface area contributed by atoms with E-state index in [0.29, 0.717) is 34.6 Å². The highest BCUT2D eigenvalue weighted by molar-refractivity contribution is 7.93. The summed E-state index contributed by atoms with van der Waals surface area (Å²) in [6.45, 7) is 5.40. The first-order valence-electron chi connectivity index (χ1n) is 11.6. The van der Waals surface area contributed by atoms with Gasteiger partial charge in [-0.25, -0.2) is 23.4 Å². The fraction of sp³-hybridized carbons (Fsp3) is 0.391. The van der Waals surface area contributed by atoms with E-state index in [-0.39, 0.29) is 18.3 Å². The van der Waals surface area contributed by atoms with Gasteiger partial charge in [-0.1, -0.05) is 29.7 Å². The molecule has 1 N–H and O–H groups in total. The van der Waals surface area contributed by atoms with Crippen LogP contribution in [0.3, 0.4) is 0 Å². The van der Waals surface area contributed by atoms with Crippen molar-refractivity contribution in [3.05, 3.63) is 58.5 Å². The van der Waals surface area contributed by atoms with E-state index in [9.17, 15) is 8.42 Å². The molecule has 0 aliphatic carbocycles. The predicted molar refractivity (Wildman–Crippen MR) is 138 cm³/mol. The number of nitrogens with zero attached hydrogens (tertiary/aromatic N) is 7. The second kappa shape index (κ2) is 11.4. The van der Waals surface area contributed by atoms with Gasteiger partial charge in [0.05, 0.1) is 24.4 Å². The van der Waals surface area contributed by atoms with Crippen LogP contribution in [-0.2, 0) is 27.7 Å². The lowest BCUT2D eigenvalue weighted by Gasteiger charge is -2.22. The van der Waals surface area contributed by atoms with E-state index in [0.717, 1.165) is 11.3 Å². The Morgan fingerprint density at radius 1 is 1.18 bits per heavy atom. The van der Waals surface area contributed by atoms with Gasteiger partial charge in [0.1, 0.15) is 22.8 Å². The zero-order valence-electron chi connectivity index (χ0n) is 21.4. The summed E-state index contributed by atoms with van der Waals surface area (Å²) in [7, 11) is -1.21. The van der Waals surface area contributed by atoms with E-state index in [1.165, 1.54) is 33.5 Å². The molecular formula is C23H27ClN8O5S. The molecule has 0 aliphatic rings. The molecule has 4 aromatic heterocycles. The minimum absolute atomic E-state index is 0.0222. The van der Waals surface area contributed by atoms with E-state index in [1.807, 2.05) is 6.92 Å². The van der Waals surface area contributed by atoms with Crippen molar-refractivity contribution in [2.45, 2.75) is 45.1 Å². The highest BCUT2D eigenvalue weighted by atomic mass is 35.5. The number of sulfonamides is 1. The lowest BCUT2D eigenvalue weighted by molar-refractivity contribution is 0.0950. The molecule has 2 atom stereocenters. The summed E-state index contributed by atoms with van der Waals surface area (Å²) in [6.07, 6.45) is 2.39. The van der Waals surface area contributed by atoms with E-state index in [4.69, 9.17) is 25.6 Å². The number of hydrogen-bond acceptors (Lipinski definition) is 11. The summed E-state index contributed by atoms with van der Waals surface area (Å²) in [4.78, 5) is 12.7. The maximum atomic E-state index is 13.5. The van der Waals surface area contributed by atoms with Crippen molar-refractivity contribution in [1.82, 2.24) is 34.9 Å². The molecule has 13 nitrogen and oxygen atoms in total. The zero-order valence-corrected chi connectivity index (χ0v) is 23.0. The van der Waals surface area contributed by atoms with Crippen LogP contribution in [0.15, 0.2) is 35.1 Å². The average Bonchev–Trinajstić information content (AvgIpc) is 3.47. The molecule has 0 fully saturated rings. The molecule has 0 saturated heterocycles. The monoisotopic (exact) mass is 562 g/mol. The number of halogens is 1. The first kappa shape index (κ1) is 27.4. The SMILES string of the molecule is CCc1noc(C)c1Cn1c(NS(=O)(=O)C(C)C(OC)c2ncc(Cl)cn2)nnc1-c1cccc(OC)n1. The van der Waals surface area contributed by atoms with E-state index in [1.54, 1.807) is 29.7 Å². The van der Waals surface area contributed by atoms with E-state index in [2.05, 4.69) is 35.0 Å². The Morgan fingerprint density at radius 3 is 2.58 bits per heavy atom. The quantitative estimate of drug-likeness (QED) is 0.286. The molecule has 0 aliphatic heterocycles. The van der Waals surface area contributed by atoms with Gasteiger partial charge in [-0.05, 0) is 26.3 Å². The molecule has 0 amide bonds. The summed E-state index contributed by atoms with van der Waals surface area (Å²) in [5.74, 6) is 1.44. The van der Waals surface area contributed by atoms with Crippen LogP contribution in [0.25, 0.3) is 11.5 Å². The topological polar surface area (TPSA) is 160 Å². The van der Waals surface area contributed by atoms with Gasteiger partial charge in [0.2, 0.25) is 21.9 Å². The molecule has 15 heteroatoms. The molecule has 0 radical (unpaired) electrons. The number of pyridine rings is 1. The minimum atomic E-state index is -4.09. The molecule has 202 valence electrons. The number of aromatic nitrogens is 7. The number of nitrogens with one attached hydrogen (secondary N) is 1. The van der Waals surface area contributed by atoms with Crippen LogP contribution in [0.4, 0.5) is 5.95 Å². The second-order valence-electron chi connectivity index (χ2n) is 8.28. The van der Waals surface area contributed by atoms with E-state index >= 15 is 0 Å². The van der Waals surface area contributed by atoms with Crippen LogP contribution < -0.4 is 9.46 Å². The highest BCUT2D eigenvalue weighted by Crippen LogP contribution is 2.28. The van der Waals surface area contributed by atoms with Crippen LogP contribution in [0.1, 0.15) is 42.8 Å². The molecule has 4 heterocycles. The lowest BCUT2D eigenvalue weighted by atomic mass is 10.1. The van der Waals surface area contributed by atoms with Crippen LogP contribution in [-0.4, -0.2) is 62.8 Å². The third-order valence-corrected chi connectivity index (χ3v) is 7.82. The Morgan fingerprint density at radius 2 is 1.92 bits per heavy atom. The van der Waals surface area contributed by atoms with Crippen molar-refractivity contribution in [3.8, 4) is 17.4 Å². The first-order chi connectivity index (χ1) is 18.2. The van der Waals surface area contributed by atoms with Gasteiger partial charge in [0.25, 0.3) is 0 Å². The van der Waals surface area contributed by atoms with Crippen LogP contribution in [0.2, 0.25) is 5.02 Å². The molecule has 0 aromatic carbocycles. The molecular weight excluding hydrogens is 536 g/mol. The van der Waals surface area contributed by atoms with Crippen molar-refractivity contribution in [2.24, 2.45) is 0 Å². The fourth-order valence-electron chi connectivity index (χ4n) is 3.81. The second-order valence-corrected chi connectivity index (χ2v) is 10.8. The molecule has 0 spiro atoms. The number of rotatable bonds is 11. The van der Waals surface area contributed by atoms with Gasteiger partial charge < -0.3 is 14.0 Å². The summed E-state index contributed by atoms with van der Waals surface area (Å²) in [5.41, 5.74) is 1.96. The molecule has 0 saturated carbocycles. The van der Waals surface area contributed by atoms with E-state index < -0.39 is 21.4 Å². The molecule has 2 unspecified atom stereocenters. The first-order valence-corrected chi connectivity index (χ1v) is 13.5. The zero-order chi connectivity index (χ0) is 27.4.